The summed E-state index contributed by atoms with van der Waals surface area (Å²) in [6, 6.07) is 14.7. The zero-order valence-corrected chi connectivity index (χ0v) is 16.7. The Kier molecular flexibility index (Phi) is 6.75. The van der Waals surface area contributed by atoms with Gasteiger partial charge in [-0.15, -0.1) is 0 Å². The largest absolute Gasteiger partial charge is 0.456 e. The van der Waals surface area contributed by atoms with Crippen LogP contribution in [0.2, 0.25) is 0 Å². The van der Waals surface area contributed by atoms with Crippen molar-refractivity contribution in [1.82, 2.24) is 10.2 Å². The Morgan fingerprint density at radius 1 is 0.926 bits per heavy atom. The molecule has 1 N–H and O–H groups in total. The van der Waals surface area contributed by atoms with Gasteiger partial charge in [-0.3, -0.25) is 4.79 Å². The van der Waals surface area contributed by atoms with Crippen molar-refractivity contribution in [3.63, 3.8) is 0 Å². The zero-order valence-electron chi connectivity index (χ0n) is 16.7. The van der Waals surface area contributed by atoms with E-state index in [2.05, 4.69) is 5.32 Å². The monoisotopic (exact) mass is 368 g/mol. The molecule has 27 heavy (non-hydrogen) atoms. The lowest BCUT2D eigenvalue weighted by atomic mass is 10.1. The maximum absolute atomic E-state index is 12.6. The first-order valence-electron chi connectivity index (χ1n) is 9.01. The summed E-state index contributed by atoms with van der Waals surface area (Å²) >= 11 is 0. The second kappa shape index (κ2) is 8.82. The van der Waals surface area contributed by atoms with Crippen LogP contribution in [0.4, 0.5) is 0 Å². The minimum absolute atomic E-state index is 0.0396. The number of carbonyl (C=O) groups is 2. The lowest BCUT2D eigenvalue weighted by Gasteiger charge is -2.20. The van der Waals surface area contributed by atoms with E-state index in [0.29, 0.717) is 17.7 Å². The highest BCUT2D eigenvalue weighted by atomic mass is 16.6. The zero-order chi connectivity index (χ0) is 20.0. The fourth-order valence-corrected chi connectivity index (χ4v) is 2.62. The Morgan fingerprint density at radius 2 is 1.44 bits per heavy atom. The predicted octanol–water partition coefficient (Wildman–Crippen LogP) is 3.63. The predicted molar refractivity (Wildman–Crippen MR) is 107 cm³/mol. The van der Waals surface area contributed by atoms with Crippen molar-refractivity contribution in [3.8, 4) is 0 Å². The summed E-state index contributed by atoms with van der Waals surface area (Å²) in [5.74, 6) is -0.387. The van der Waals surface area contributed by atoms with Crippen LogP contribution in [-0.2, 0) is 17.8 Å². The minimum Gasteiger partial charge on any atom is -0.456 e. The Morgan fingerprint density at radius 3 is 1.96 bits per heavy atom. The second-order valence-corrected chi connectivity index (χ2v) is 7.59. The second-order valence-electron chi connectivity index (χ2n) is 7.59. The van der Waals surface area contributed by atoms with E-state index < -0.39 is 5.60 Å². The Balaban J connectivity index is 1.99. The summed E-state index contributed by atoms with van der Waals surface area (Å²) in [4.78, 5) is 26.3. The summed E-state index contributed by atoms with van der Waals surface area (Å²) in [5, 5.41) is 3.08. The number of hydrogen-bond acceptors (Lipinski definition) is 4. The van der Waals surface area contributed by atoms with E-state index >= 15 is 0 Å². The molecular formula is C22H28N2O3. The number of nitrogens with one attached hydrogen (secondary N) is 1. The number of amides is 1. The van der Waals surface area contributed by atoms with Gasteiger partial charge in [-0.2, -0.15) is 0 Å². The lowest BCUT2D eigenvalue weighted by molar-refractivity contribution is 0.00693. The summed E-state index contributed by atoms with van der Waals surface area (Å²) in [5.41, 5.74) is 2.72. The standard InChI is InChI=1S/C22H28N2O3/c1-22(2,3)27-21(26)19-12-8-17(9-13-19)15-24(5)20(25)18-10-6-16(7-11-18)14-23-4/h6-13,23H,14-15H2,1-5H3. The lowest BCUT2D eigenvalue weighted by Crippen LogP contribution is -2.26. The molecule has 0 bridgehead atoms. The molecule has 2 aromatic rings. The van der Waals surface area contributed by atoms with Gasteiger partial charge in [-0.05, 0) is 63.2 Å². The number of carbonyl (C=O) groups excluding carboxylic acids is 2. The molecular weight excluding hydrogens is 340 g/mol. The average molecular weight is 368 g/mol. The average Bonchev–Trinajstić information content (AvgIpc) is 2.61. The molecule has 1 amide bonds. The molecule has 2 aromatic carbocycles. The fourth-order valence-electron chi connectivity index (χ4n) is 2.62. The normalized spacial score (nSPS) is 11.1. The van der Waals surface area contributed by atoms with Crippen LogP contribution in [-0.4, -0.2) is 36.5 Å². The molecule has 0 aliphatic carbocycles. The highest BCUT2D eigenvalue weighted by Gasteiger charge is 2.18. The maximum atomic E-state index is 12.6. The van der Waals surface area contributed by atoms with Crippen molar-refractivity contribution in [2.45, 2.75) is 39.5 Å². The van der Waals surface area contributed by atoms with Crippen molar-refractivity contribution in [3.05, 3.63) is 70.8 Å². The van der Waals surface area contributed by atoms with Gasteiger partial charge in [0.2, 0.25) is 0 Å². The first-order valence-corrected chi connectivity index (χ1v) is 9.01. The molecule has 0 saturated heterocycles. The molecule has 5 heteroatoms. The van der Waals surface area contributed by atoms with Gasteiger partial charge in [0.15, 0.2) is 0 Å². The van der Waals surface area contributed by atoms with Crippen LogP contribution in [0.5, 0.6) is 0 Å². The van der Waals surface area contributed by atoms with E-state index in [0.717, 1.165) is 17.7 Å². The molecule has 144 valence electrons. The Bertz CT molecular complexity index is 775. The van der Waals surface area contributed by atoms with Gasteiger partial charge in [-0.25, -0.2) is 4.79 Å². The van der Waals surface area contributed by atoms with Crippen LogP contribution in [0, 0.1) is 0 Å². The van der Waals surface area contributed by atoms with Gasteiger partial charge in [0.25, 0.3) is 5.91 Å². The number of ether oxygens (including phenoxy) is 1. The molecule has 0 spiro atoms. The van der Waals surface area contributed by atoms with Gasteiger partial charge in [0.1, 0.15) is 5.60 Å². The molecule has 0 atom stereocenters. The Labute approximate surface area is 161 Å². The van der Waals surface area contributed by atoms with Gasteiger partial charge >= 0.3 is 5.97 Å². The van der Waals surface area contributed by atoms with Crippen LogP contribution < -0.4 is 5.32 Å². The molecule has 0 aromatic heterocycles. The quantitative estimate of drug-likeness (QED) is 0.791. The third kappa shape index (κ3) is 6.22. The minimum atomic E-state index is -0.523. The van der Waals surface area contributed by atoms with Crippen LogP contribution in [0.1, 0.15) is 52.6 Å². The highest BCUT2D eigenvalue weighted by Crippen LogP contribution is 2.14. The van der Waals surface area contributed by atoms with Crippen molar-refractivity contribution in [1.29, 1.82) is 0 Å². The van der Waals surface area contributed by atoms with Gasteiger partial charge < -0.3 is 15.0 Å². The Hall–Kier alpha value is -2.66. The number of nitrogens with zero attached hydrogens (tertiary/aromatic N) is 1. The molecule has 5 nitrogen and oxygen atoms in total. The molecule has 0 aliphatic heterocycles. The van der Waals surface area contributed by atoms with Gasteiger partial charge in [0.05, 0.1) is 5.56 Å². The first-order chi connectivity index (χ1) is 12.7. The van der Waals surface area contributed by atoms with Gasteiger partial charge in [0, 0.05) is 25.7 Å². The summed E-state index contributed by atoms with van der Waals surface area (Å²) < 4.78 is 5.36. The smallest absolute Gasteiger partial charge is 0.338 e. The summed E-state index contributed by atoms with van der Waals surface area (Å²) in [6.45, 7) is 6.75. The molecule has 0 radical (unpaired) electrons. The third-order valence-corrected chi connectivity index (χ3v) is 3.94. The molecule has 0 unspecified atom stereocenters. The van der Waals surface area contributed by atoms with Crippen LogP contribution >= 0.6 is 0 Å². The van der Waals surface area contributed by atoms with Gasteiger partial charge in [-0.1, -0.05) is 24.3 Å². The van der Waals surface area contributed by atoms with Crippen molar-refractivity contribution < 1.29 is 14.3 Å². The van der Waals surface area contributed by atoms with Crippen molar-refractivity contribution >= 4 is 11.9 Å². The van der Waals surface area contributed by atoms with E-state index in [4.69, 9.17) is 4.74 Å². The van der Waals surface area contributed by atoms with E-state index in [1.165, 1.54) is 0 Å². The fraction of sp³-hybridized carbons (Fsp3) is 0.364. The molecule has 0 heterocycles. The number of hydrogen-bond donors (Lipinski definition) is 1. The van der Waals surface area contributed by atoms with Crippen LogP contribution in [0.3, 0.4) is 0 Å². The summed E-state index contributed by atoms with van der Waals surface area (Å²) in [6.07, 6.45) is 0. The maximum Gasteiger partial charge on any atom is 0.338 e. The third-order valence-electron chi connectivity index (χ3n) is 3.94. The van der Waals surface area contributed by atoms with E-state index in [9.17, 15) is 9.59 Å². The molecule has 0 saturated carbocycles. The number of benzene rings is 2. The number of esters is 1. The SMILES string of the molecule is CNCc1ccc(C(=O)N(C)Cc2ccc(C(=O)OC(C)(C)C)cc2)cc1. The summed E-state index contributed by atoms with van der Waals surface area (Å²) in [7, 11) is 3.66. The van der Waals surface area contributed by atoms with Crippen molar-refractivity contribution in [2.75, 3.05) is 14.1 Å². The first kappa shape index (κ1) is 20.6. The van der Waals surface area contributed by atoms with E-state index in [1.54, 1.807) is 24.1 Å². The highest BCUT2D eigenvalue weighted by molar-refractivity contribution is 5.94. The van der Waals surface area contributed by atoms with E-state index in [1.807, 2.05) is 64.2 Å². The van der Waals surface area contributed by atoms with E-state index in [-0.39, 0.29) is 11.9 Å². The molecule has 0 aliphatic rings. The van der Waals surface area contributed by atoms with Crippen LogP contribution in [0.25, 0.3) is 0 Å². The number of rotatable bonds is 6. The van der Waals surface area contributed by atoms with Crippen molar-refractivity contribution in [2.24, 2.45) is 0 Å². The van der Waals surface area contributed by atoms with Crippen LogP contribution in [0.15, 0.2) is 48.5 Å². The molecule has 2 rings (SSSR count). The topological polar surface area (TPSA) is 58.6 Å². The molecule has 0 fully saturated rings.